The lowest BCUT2D eigenvalue weighted by Gasteiger charge is -2.23. The van der Waals surface area contributed by atoms with Gasteiger partial charge in [-0.3, -0.25) is 0 Å². The number of halogens is 1. The van der Waals surface area contributed by atoms with Gasteiger partial charge in [-0.05, 0) is 44.0 Å². The van der Waals surface area contributed by atoms with Gasteiger partial charge in [0.15, 0.2) is 11.6 Å². The van der Waals surface area contributed by atoms with Crippen molar-refractivity contribution in [1.82, 2.24) is 5.32 Å². The standard InChI is InChI=1S/C16H24FNO2/c1-4-18-15(13-7-11(2)20-10-13)9-12-5-6-16(19-3)14(17)8-12/h5-6,8,11,13,15,18H,4,7,9-10H2,1-3H3. The van der Waals surface area contributed by atoms with E-state index in [1.54, 1.807) is 12.1 Å². The van der Waals surface area contributed by atoms with Crippen LogP contribution >= 0.6 is 0 Å². The van der Waals surface area contributed by atoms with Gasteiger partial charge in [0.2, 0.25) is 0 Å². The molecule has 1 saturated heterocycles. The zero-order valence-electron chi connectivity index (χ0n) is 12.5. The summed E-state index contributed by atoms with van der Waals surface area (Å²) in [6.07, 6.45) is 2.21. The van der Waals surface area contributed by atoms with Crippen LogP contribution in [0.25, 0.3) is 0 Å². The van der Waals surface area contributed by atoms with Crippen molar-refractivity contribution in [3.8, 4) is 5.75 Å². The minimum Gasteiger partial charge on any atom is -0.494 e. The molecule has 0 bridgehead atoms. The van der Waals surface area contributed by atoms with Gasteiger partial charge in [-0.15, -0.1) is 0 Å². The quantitative estimate of drug-likeness (QED) is 0.869. The van der Waals surface area contributed by atoms with Crippen molar-refractivity contribution < 1.29 is 13.9 Å². The third kappa shape index (κ3) is 3.70. The first-order valence-corrected chi connectivity index (χ1v) is 7.31. The second-order valence-corrected chi connectivity index (χ2v) is 5.48. The molecule has 1 heterocycles. The molecule has 0 aromatic heterocycles. The summed E-state index contributed by atoms with van der Waals surface area (Å²) in [7, 11) is 1.48. The molecule has 1 N–H and O–H groups in total. The van der Waals surface area contributed by atoms with Gasteiger partial charge in [0.25, 0.3) is 0 Å². The fourth-order valence-corrected chi connectivity index (χ4v) is 2.89. The molecule has 3 atom stereocenters. The molecule has 0 radical (unpaired) electrons. The van der Waals surface area contributed by atoms with Gasteiger partial charge in [0.1, 0.15) is 0 Å². The topological polar surface area (TPSA) is 30.5 Å². The Hall–Kier alpha value is -1.13. The van der Waals surface area contributed by atoms with Crippen molar-refractivity contribution in [2.75, 3.05) is 20.3 Å². The van der Waals surface area contributed by atoms with Crippen LogP contribution in [0.2, 0.25) is 0 Å². The third-order valence-electron chi connectivity index (χ3n) is 3.94. The van der Waals surface area contributed by atoms with Gasteiger partial charge in [-0.25, -0.2) is 4.39 Å². The minimum absolute atomic E-state index is 0.295. The predicted molar refractivity (Wildman–Crippen MR) is 77.6 cm³/mol. The van der Waals surface area contributed by atoms with E-state index in [4.69, 9.17) is 9.47 Å². The molecule has 1 aliphatic heterocycles. The van der Waals surface area contributed by atoms with E-state index in [2.05, 4.69) is 19.2 Å². The van der Waals surface area contributed by atoms with Crippen molar-refractivity contribution in [3.63, 3.8) is 0 Å². The van der Waals surface area contributed by atoms with Crippen LogP contribution in [0.1, 0.15) is 25.8 Å². The summed E-state index contributed by atoms with van der Waals surface area (Å²) in [5.41, 5.74) is 0.994. The normalized spacial score (nSPS) is 23.8. The van der Waals surface area contributed by atoms with Crippen molar-refractivity contribution in [1.29, 1.82) is 0 Å². The van der Waals surface area contributed by atoms with Crippen LogP contribution in [0.3, 0.4) is 0 Å². The van der Waals surface area contributed by atoms with E-state index in [1.165, 1.54) is 7.11 Å². The summed E-state index contributed by atoms with van der Waals surface area (Å²) in [4.78, 5) is 0. The number of benzene rings is 1. The second-order valence-electron chi connectivity index (χ2n) is 5.48. The number of methoxy groups -OCH3 is 1. The van der Waals surface area contributed by atoms with Gasteiger partial charge >= 0.3 is 0 Å². The molecule has 0 spiro atoms. The molecule has 2 rings (SSSR count). The number of nitrogens with one attached hydrogen (secondary N) is 1. The molecule has 3 unspecified atom stereocenters. The smallest absolute Gasteiger partial charge is 0.165 e. The maximum atomic E-state index is 13.8. The Bertz CT molecular complexity index is 438. The zero-order chi connectivity index (χ0) is 14.5. The average Bonchev–Trinajstić information content (AvgIpc) is 2.85. The molecule has 0 aliphatic carbocycles. The average molecular weight is 281 g/mol. The number of hydrogen-bond donors (Lipinski definition) is 1. The molecule has 4 heteroatoms. The number of hydrogen-bond acceptors (Lipinski definition) is 3. The molecule has 0 amide bonds. The van der Waals surface area contributed by atoms with E-state index in [1.807, 2.05) is 6.07 Å². The highest BCUT2D eigenvalue weighted by molar-refractivity contribution is 5.29. The van der Waals surface area contributed by atoms with Crippen LogP contribution in [0.5, 0.6) is 5.75 Å². The Morgan fingerprint density at radius 2 is 2.30 bits per heavy atom. The summed E-state index contributed by atoms with van der Waals surface area (Å²) in [6.45, 7) is 5.91. The molecule has 1 aromatic rings. The maximum absolute atomic E-state index is 13.8. The molecule has 0 saturated carbocycles. The molecule has 112 valence electrons. The van der Waals surface area contributed by atoms with Crippen LogP contribution in [-0.4, -0.2) is 32.4 Å². The number of rotatable bonds is 6. The van der Waals surface area contributed by atoms with Gasteiger partial charge < -0.3 is 14.8 Å². The molecule has 1 aromatic carbocycles. The van der Waals surface area contributed by atoms with Gasteiger partial charge in [-0.1, -0.05) is 13.0 Å². The zero-order valence-corrected chi connectivity index (χ0v) is 12.5. The highest BCUT2D eigenvalue weighted by Crippen LogP contribution is 2.25. The summed E-state index contributed by atoms with van der Waals surface area (Å²) >= 11 is 0. The first kappa shape index (κ1) is 15.3. The second kappa shape index (κ2) is 7.04. The summed E-state index contributed by atoms with van der Waals surface area (Å²) in [6, 6.07) is 5.53. The Kier molecular flexibility index (Phi) is 5.38. The maximum Gasteiger partial charge on any atom is 0.165 e. The SMILES string of the molecule is CCNC(Cc1ccc(OC)c(F)c1)C1COC(C)C1. The van der Waals surface area contributed by atoms with E-state index in [0.717, 1.165) is 31.6 Å². The lowest BCUT2D eigenvalue weighted by molar-refractivity contribution is 0.117. The molecule has 1 fully saturated rings. The number of likely N-dealkylation sites (N-methyl/N-ethyl adjacent to an activating group) is 1. The first-order valence-electron chi connectivity index (χ1n) is 7.31. The van der Waals surface area contributed by atoms with E-state index in [-0.39, 0.29) is 5.82 Å². The Labute approximate surface area is 120 Å². The van der Waals surface area contributed by atoms with Crippen LogP contribution in [0, 0.1) is 11.7 Å². The first-order chi connectivity index (χ1) is 9.63. The summed E-state index contributed by atoms with van der Waals surface area (Å²) < 4.78 is 24.4. The third-order valence-corrected chi connectivity index (χ3v) is 3.94. The monoisotopic (exact) mass is 281 g/mol. The largest absolute Gasteiger partial charge is 0.494 e. The Morgan fingerprint density at radius 3 is 2.85 bits per heavy atom. The van der Waals surface area contributed by atoms with E-state index in [0.29, 0.717) is 23.8 Å². The van der Waals surface area contributed by atoms with Crippen LogP contribution in [0.15, 0.2) is 18.2 Å². The molecule has 1 aliphatic rings. The predicted octanol–water partition coefficient (Wildman–Crippen LogP) is 2.78. The van der Waals surface area contributed by atoms with Crippen molar-refractivity contribution in [2.24, 2.45) is 5.92 Å². The lowest BCUT2D eigenvalue weighted by atomic mass is 9.91. The fourth-order valence-electron chi connectivity index (χ4n) is 2.89. The fraction of sp³-hybridized carbons (Fsp3) is 0.625. The van der Waals surface area contributed by atoms with Gasteiger partial charge in [-0.2, -0.15) is 0 Å². The lowest BCUT2D eigenvalue weighted by Crippen LogP contribution is -2.38. The summed E-state index contributed by atoms with van der Waals surface area (Å²) in [5.74, 6) is 0.498. The highest BCUT2D eigenvalue weighted by atomic mass is 19.1. The highest BCUT2D eigenvalue weighted by Gasteiger charge is 2.29. The molecule has 3 nitrogen and oxygen atoms in total. The van der Waals surface area contributed by atoms with Crippen LogP contribution < -0.4 is 10.1 Å². The van der Waals surface area contributed by atoms with Gasteiger partial charge in [0.05, 0.1) is 19.8 Å². The van der Waals surface area contributed by atoms with Crippen LogP contribution in [-0.2, 0) is 11.2 Å². The minimum atomic E-state index is -0.295. The number of ether oxygens (including phenoxy) is 2. The van der Waals surface area contributed by atoms with Crippen molar-refractivity contribution in [3.05, 3.63) is 29.6 Å². The van der Waals surface area contributed by atoms with Gasteiger partial charge in [0, 0.05) is 12.0 Å². The Morgan fingerprint density at radius 1 is 1.50 bits per heavy atom. The van der Waals surface area contributed by atoms with E-state index >= 15 is 0 Å². The molecular weight excluding hydrogens is 257 g/mol. The molecule has 20 heavy (non-hydrogen) atoms. The Balaban J connectivity index is 2.05. The van der Waals surface area contributed by atoms with E-state index in [9.17, 15) is 4.39 Å². The van der Waals surface area contributed by atoms with Crippen LogP contribution in [0.4, 0.5) is 4.39 Å². The molecular formula is C16H24FNO2. The summed E-state index contributed by atoms with van der Waals surface area (Å²) in [5, 5.41) is 3.51. The van der Waals surface area contributed by atoms with E-state index < -0.39 is 0 Å². The van der Waals surface area contributed by atoms with Crippen molar-refractivity contribution in [2.45, 2.75) is 38.8 Å². The van der Waals surface area contributed by atoms with Crippen molar-refractivity contribution >= 4 is 0 Å².